The maximum Gasteiger partial charge on any atom is 0.229 e. The van der Waals surface area contributed by atoms with E-state index in [0.29, 0.717) is 18.5 Å². The zero-order valence-electron chi connectivity index (χ0n) is 17.7. The van der Waals surface area contributed by atoms with E-state index in [1.165, 1.54) is 11.1 Å². The van der Waals surface area contributed by atoms with Crippen molar-refractivity contribution in [2.75, 3.05) is 0 Å². The van der Waals surface area contributed by atoms with Gasteiger partial charge in [0.15, 0.2) is 0 Å². The number of benzene rings is 2. The van der Waals surface area contributed by atoms with Crippen LogP contribution < -0.4 is 0 Å². The number of hydrogen-bond donors (Lipinski definition) is 0. The molecule has 0 aliphatic rings. The third-order valence-corrected chi connectivity index (χ3v) is 6.97. The van der Waals surface area contributed by atoms with Crippen LogP contribution in [0.5, 0.6) is 0 Å². The number of nitrogens with zero attached hydrogens (tertiary/aromatic N) is 2. The molecule has 0 N–H and O–H groups in total. The topological polar surface area (TPSA) is 52.0 Å². The zero-order chi connectivity index (χ0) is 20.7. The Balaban J connectivity index is 2.14. The van der Waals surface area contributed by atoms with Crippen molar-refractivity contribution in [1.29, 1.82) is 0 Å². The van der Waals surface area contributed by atoms with E-state index in [0.717, 1.165) is 11.1 Å². The molecule has 150 valence electrons. The highest BCUT2D eigenvalue weighted by Crippen LogP contribution is 2.30. The largest absolute Gasteiger partial charge is 0.310 e. The Labute approximate surface area is 168 Å². The molecule has 28 heavy (non-hydrogen) atoms. The molecule has 0 saturated heterocycles. The molecule has 4 nitrogen and oxygen atoms in total. The second-order valence-electron chi connectivity index (χ2n) is 9.09. The Morgan fingerprint density at radius 3 is 2.25 bits per heavy atom. The molecule has 1 aromatic heterocycles. The summed E-state index contributed by atoms with van der Waals surface area (Å²) in [6.07, 6.45) is 0.585. The fraction of sp³-hybridized carbons (Fsp3) is 0.435. The lowest BCUT2D eigenvalue weighted by molar-refractivity contribution is 0.370. The summed E-state index contributed by atoms with van der Waals surface area (Å²) in [5, 5.41) is -0.327. The van der Waals surface area contributed by atoms with E-state index in [1.54, 1.807) is 6.92 Å². The van der Waals surface area contributed by atoms with Crippen molar-refractivity contribution in [3.05, 3.63) is 59.2 Å². The second kappa shape index (κ2) is 7.36. The van der Waals surface area contributed by atoms with Crippen molar-refractivity contribution >= 4 is 20.9 Å². The van der Waals surface area contributed by atoms with E-state index in [4.69, 9.17) is 0 Å². The van der Waals surface area contributed by atoms with Gasteiger partial charge in [-0.05, 0) is 50.3 Å². The molecule has 3 aromatic rings. The Hall–Kier alpha value is -2.14. The molecule has 0 aliphatic carbocycles. The third-order valence-electron chi connectivity index (χ3n) is 4.93. The molecular weight excluding hydrogens is 368 g/mol. The van der Waals surface area contributed by atoms with Crippen molar-refractivity contribution in [3.63, 3.8) is 0 Å². The Bertz CT molecular complexity index is 1090. The predicted octanol–water partition coefficient (Wildman–Crippen LogP) is 5.30. The first-order chi connectivity index (χ1) is 13.0. The van der Waals surface area contributed by atoms with Gasteiger partial charge in [-0.1, -0.05) is 62.2 Å². The van der Waals surface area contributed by atoms with E-state index >= 15 is 0 Å². The van der Waals surface area contributed by atoms with Crippen LogP contribution in [0, 0.1) is 19.3 Å². The maximum absolute atomic E-state index is 13.4. The average Bonchev–Trinajstić information content (AvgIpc) is 2.92. The first kappa shape index (κ1) is 20.6. The van der Waals surface area contributed by atoms with E-state index in [1.807, 2.05) is 28.8 Å². The van der Waals surface area contributed by atoms with Crippen LogP contribution in [0.15, 0.2) is 47.6 Å². The Morgan fingerprint density at radius 2 is 1.64 bits per heavy atom. The van der Waals surface area contributed by atoms with Crippen LogP contribution >= 0.6 is 0 Å². The van der Waals surface area contributed by atoms with Crippen LogP contribution in [0.4, 0.5) is 0 Å². The predicted molar refractivity (Wildman–Crippen MR) is 115 cm³/mol. The molecule has 0 amide bonds. The molecule has 1 atom stereocenters. The van der Waals surface area contributed by atoms with Crippen LogP contribution in [0.1, 0.15) is 50.8 Å². The van der Waals surface area contributed by atoms with Gasteiger partial charge in [-0.25, -0.2) is 13.4 Å². The first-order valence-corrected chi connectivity index (χ1v) is 11.3. The SMILES string of the molecule is Cc1cc(C)cc(Cn2c(S(=O)(=O)[C@@H](C)CC(C)(C)C)nc3ccccc32)c1. The fourth-order valence-corrected chi connectivity index (χ4v) is 5.69. The summed E-state index contributed by atoms with van der Waals surface area (Å²) in [7, 11) is -3.55. The van der Waals surface area contributed by atoms with Gasteiger partial charge in [-0.2, -0.15) is 0 Å². The molecule has 0 unspecified atom stereocenters. The summed E-state index contributed by atoms with van der Waals surface area (Å²) in [4.78, 5) is 4.55. The summed E-state index contributed by atoms with van der Waals surface area (Å²) in [6, 6.07) is 14.0. The van der Waals surface area contributed by atoms with Crippen LogP contribution in [-0.4, -0.2) is 23.2 Å². The van der Waals surface area contributed by atoms with E-state index in [-0.39, 0.29) is 10.6 Å². The van der Waals surface area contributed by atoms with Gasteiger partial charge in [-0.3, -0.25) is 0 Å². The number of para-hydroxylation sites is 2. The lowest BCUT2D eigenvalue weighted by atomic mass is 9.91. The van der Waals surface area contributed by atoms with Crippen molar-refractivity contribution in [2.24, 2.45) is 5.41 Å². The van der Waals surface area contributed by atoms with Crippen LogP contribution in [-0.2, 0) is 16.4 Å². The molecule has 0 saturated carbocycles. The van der Waals surface area contributed by atoms with Gasteiger partial charge >= 0.3 is 0 Å². The molecule has 1 heterocycles. The van der Waals surface area contributed by atoms with Crippen molar-refractivity contribution in [3.8, 4) is 0 Å². The highest BCUT2D eigenvalue weighted by atomic mass is 32.2. The lowest BCUT2D eigenvalue weighted by Gasteiger charge is -2.23. The first-order valence-electron chi connectivity index (χ1n) is 9.74. The molecule has 0 fully saturated rings. The van der Waals surface area contributed by atoms with E-state index < -0.39 is 15.1 Å². The third kappa shape index (κ3) is 4.30. The molecule has 0 aliphatic heterocycles. The van der Waals surface area contributed by atoms with Crippen molar-refractivity contribution < 1.29 is 8.42 Å². The molecular formula is C23H30N2O2S. The fourth-order valence-electron chi connectivity index (χ4n) is 3.92. The maximum atomic E-state index is 13.4. The molecule has 5 heteroatoms. The number of imidazole rings is 1. The number of fused-ring (bicyclic) bond motifs is 1. The number of rotatable bonds is 5. The minimum atomic E-state index is -3.55. The smallest absolute Gasteiger partial charge is 0.229 e. The van der Waals surface area contributed by atoms with Gasteiger partial charge in [0.05, 0.1) is 22.8 Å². The molecule has 2 aromatic carbocycles. The zero-order valence-corrected chi connectivity index (χ0v) is 18.5. The van der Waals surface area contributed by atoms with Crippen LogP contribution in [0.2, 0.25) is 0 Å². The van der Waals surface area contributed by atoms with Gasteiger partial charge < -0.3 is 4.57 Å². The highest BCUT2D eigenvalue weighted by Gasteiger charge is 2.32. The standard InChI is InChI=1S/C23H30N2O2S/c1-16-11-17(2)13-19(12-16)15-25-21-10-8-7-9-20(21)24-22(25)28(26,27)18(3)14-23(4,5)6/h7-13,18H,14-15H2,1-6H3/t18-/m0/s1. The Kier molecular flexibility index (Phi) is 5.41. The summed E-state index contributed by atoms with van der Waals surface area (Å²) in [6.45, 7) is 12.6. The Morgan fingerprint density at radius 1 is 1.04 bits per heavy atom. The lowest BCUT2D eigenvalue weighted by Crippen LogP contribution is -2.26. The minimum absolute atomic E-state index is 0.0724. The summed E-state index contributed by atoms with van der Waals surface area (Å²) in [5.41, 5.74) is 4.92. The summed E-state index contributed by atoms with van der Waals surface area (Å²) >= 11 is 0. The summed E-state index contributed by atoms with van der Waals surface area (Å²) < 4.78 is 28.7. The van der Waals surface area contributed by atoms with Gasteiger partial charge in [0.25, 0.3) is 0 Å². The second-order valence-corrected chi connectivity index (χ2v) is 11.3. The van der Waals surface area contributed by atoms with Crippen LogP contribution in [0.25, 0.3) is 11.0 Å². The average molecular weight is 399 g/mol. The van der Waals surface area contributed by atoms with E-state index in [2.05, 4.69) is 57.8 Å². The van der Waals surface area contributed by atoms with Gasteiger partial charge in [0.1, 0.15) is 0 Å². The normalized spacial score (nSPS) is 13.8. The summed E-state index contributed by atoms with van der Waals surface area (Å²) in [5.74, 6) is 0. The van der Waals surface area contributed by atoms with Crippen LogP contribution in [0.3, 0.4) is 0 Å². The molecule has 0 bridgehead atoms. The van der Waals surface area contributed by atoms with Crippen molar-refractivity contribution in [1.82, 2.24) is 9.55 Å². The number of aryl methyl sites for hydroxylation is 2. The molecule has 0 spiro atoms. The van der Waals surface area contributed by atoms with Crippen molar-refractivity contribution in [2.45, 2.75) is 64.9 Å². The molecule has 0 radical (unpaired) electrons. The van der Waals surface area contributed by atoms with E-state index in [9.17, 15) is 8.42 Å². The minimum Gasteiger partial charge on any atom is -0.310 e. The molecule has 3 rings (SSSR count). The number of hydrogen-bond acceptors (Lipinski definition) is 3. The number of aromatic nitrogens is 2. The highest BCUT2D eigenvalue weighted by molar-refractivity contribution is 7.91. The van der Waals surface area contributed by atoms with Gasteiger partial charge in [0.2, 0.25) is 15.0 Å². The van der Waals surface area contributed by atoms with Gasteiger partial charge in [-0.15, -0.1) is 0 Å². The van der Waals surface area contributed by atoms with Gasteiger partial charge in [0, 0.05) is 0 Å². The quantitative estimate of drug-likeness (QED) is 0.586. The number of sulfone groups is 1. The monoisotopic (exact) mass is 398 g/mol.